The third-order valence-electron chi connectivity index (χ3n) is 4.51. The molecule has 1 unspecified atom stereocenters. The molecule has 0 saturated carbocycles. The van der Waals surface area contributed by atoms with Crippen LogP contribution in [0, 0.1) is 0 Å². The average Bonchev–Trinajstić information content (AvgIpc) is 3.02. The molecule has 1 aromatic heterocycles. The maximum Gasteiger partial charge on any atom is 0.240 e. The average molecular weight is 288 g/mol. The Balaban J connectivity index is 1.56. The SMILES string of the molecule is O=C(C1CCCN1CCc1ccncc1)N1CCNCC1. The summed E-state index contributed by atoms with van der Waals surface area (Å²) in [5.74, 6) is 0.337. The van der Waals surface area contributed by atoms with Crippen LogP contribution in [0.2, 0.25) is 0 Å². The van der Waals surface area contributed by atoms with E-state index in [9.17, 15) is 4.79 Å². The van der Waals surface area contributed by atoms with Crippen LogP contribution in [0.5, 0.6) is 0 Å². The van der Waals surface area contributed by atoms with Gasteiger partial charge in [0.05, 0.1) is 6.04 Å². The van der Waals surface area contributed by atoms with E-state index in [2.05, 4.69) is 27.3 Å². The summed E-state index contributed by atoms with van der Waals surface area (Å²) in [6.07, 6.45) is 6.82. The lowest BCUT2D eigenvalue weighted by molar-refractivity contribution is -0.136. The van der Waals surface area contributed by atoms with Crippen molar-refractivity contribution < 1.29 is 4.79 Å². The highest BCUT2D eigenvalue weighted by Crippen LogP contribution is 2.20. The number of rotatable bonds is 4. The first-order valence-corrected chi connectivity index (χ1v) is 7.97. The van der Waals surface area contributed by atoms with Crippen molar-refractivity contribution in [1.82, 2.24) is 20.1 Å². The van der Waals surface area contributed by atoms with Gasteiger partial charge in [-0.2, -0.15) is 0 Å². The molecule has 3 rings (SSSR count). The smallest absolute Gasteiger partial charge is 0.240 e. The number of nitrogens with zero attached hydrogens (tertiary/aromatic N) is 3. The third-order valence-corrected chi connectivity index (χ3v) is 4.51. The first-order valence-electron chi connectivity index (χ1n) is 7.97. The van der Waals surface area contributed by atoms with E-state index in [0.717, 1.165) is 58.5 Å². The highest BCUT2D eigenvalue weighted by molar-refractivity contribution is 5.82. The van der Waals surface area contributed by atoms with E-state index in [1.807, 2.05) is 17.3 Å². The molecule has 1 N–H and O–H groups in total. The van der Waals surface area contributed by atoms with E-state index >= 15 is 0 Å². The van der Waals surface area contributed by atoms with Gasteiger partial charge in [-0.3, -0.25) is 14.7 Å². The summed E-state index contributed by atoms with van der Waals surface area (Å²) < 4.78 is 0. The van der Waals surface area contributed by atoms with E-state index < -0.39 is 0 Å². The molecule has 0 bridgehead atoms. The van der Waals surface area contributed by atoms with Crippen molar-refractivity contribution in [1.29, 1.82) is 0 Å². The summed E-state index contributed by atoms with van der Waals surface area (Å²) in [5.41, 5.74) is 1.30. The second-order valence-electron chi connectivity index (χ2n) is 5.87. The Kier molecular flexibility index (Phi) is 4.83. The number of carbonyl (C=O) groups is 1. The van der Waals surface area contributed by atoms with Crippen LogP contribution in [0.3, 0.4) is 0 Å². The van der Waals surface area contributed by atoms with Crippen LogP contribution >= 0.6 is 0 Å². The monoisotopic (exact) mass is 288 g/mol. The van der Waals surface area contributed by atoms with Crippen LogP contribution in [0.1, 0.15) is 18.4 Å². The summed E-state index contributed by atoms with van der Waals surface area (Å²) in [7, 11) is 0. The number of piperazine rings is 1. The fraction of sp³-hybridized carbons (Fsp3) is 0.625. The number of pyridine rings is 1. The minimum Gasteiger partial charge on any atom is -0.339 e. The molecule has 5 heteroatoms. The van der Waals surface area contributed by atoms with Gasteiger partial charge in [-0.15, -0.1) is 0 Å². The van der Waals surface area contributed by atoms with Gasteiger partial charge < -0.3 is 10.2 Å². The molecule has 1 aromatic rings. The predicted octanol–water partition coefficient (Wildman–Crippen LogP) is 0.520. The fourth-order valence-corrected chi connectivity index (χ4v) is 3.29. The summed E-state index contributed by atoms with van der Waals surface area (Å²) in [6, 6.07) is 4.22. The van der Waals surface area contributed by atoms with Gasteiger partial charge in [0.25, 0.3) is 0 Å². The van der Waals surface area contributed by atoms with E-state index in [0.29, 0.717) is 5.91 Å². The van der Waals surface area contributed by atoms with Crippen molar-refractivity contribution >= 4 is 5.91 Å². The zero-order chi connectivity index (χ0) is 14.5. The van der Waals surface area contributed by atoms with Gasteiger partial charge >= 0.3 is 0 Å². The Morgan fingerprint density at radius 1 is 1.24 bits per heavy atom. The number of aromatic nitrogens is 1. The molecule has 1 amide bonds. The van der Waals surface area contributed by atoms with Crippen LogP contribution in [-0.2, 0) is 11.2 Å². The molecule has 21 heavy (non-hydrogen) atoms. The number of likely N-dealkylation sites (tertiary alicyclic amines) is 1. The van der Waals surface area contributed by atoms with E-state index in [4.69, 9.17) is 0 Å². The summed E-state index contributed by atoms with van der Waals surface area (Å²) in [6.45, 7) is 5.58. The zero-order valence-corrected chi connectivity index (χ0v) is 12.5. The predicted molar refractivity (Wildman–Crippen MR) is 82.0 cm³/mol. The molecule has 1 atom stereocenters. The van der Waals surface area contributed by atoms with E-state index in [-0.39, 0.29) is 6.04 Å². The Labute approximate surface area is 126 Å². The standard InChI is InChI=1S/C16H24N4O/c21-16(20-12-8-18-9-13-20)15-2-1-10-19(15)11-5-14-3-6-17-7-4-14/h3-4,6-7,15,18H,1-2,5,8-13H2. The first kappa shape index (κ1) is 14.5. The van der Waals surface area contributed by atoms with E-state index in [1.54, 1.807) is 0 Å². The molecule has 5 nitrogen and oxygen atoms in total. The number of carbonyl (C=O) groups excluding carboxylic acids is 1. The molecule has 0 aromatic carbocycles. The highest BCUT2D eigenvalue weighted by Gasteiger charge is 2.33. The summed E-state index contributed by atoms with van der Waals surface area (Å²) in [5, 5.41) is 3.30. The van der Waals surface area contributed by atoms with Crippen LogP contribution < -0.4 is 5.32 Å². The lowest BCUT2D eigenvalue weighted by Gasteiger charge is -2.33. The minimum atomic E-state index is 0.102. The van der Waals surface area contributed by atoms with Gasteiger partial charge in [0.2, 0.25) is 5.91 Å². The van der Waals surface area contributed by atoms with Crippen molar-refractivity contribution in [2.24, 2.45) is 0 Å². The molecule has 2 aliphatic rings. The Bertz CT molecular complexity index is 459. The lowest BCUT2D eigenvalue weighted by atomic mass is 10.1. The maximum absolute atomic E-state index is 12.7. The maximum atomic E-state index is 12.7. The highest BCUT2D eigenvalue weighted by atomic mass is 16.2. The molecule has 3 heterocycles. The van der Waals surface area contributed by atoms with Gasteiger partial charge in [-0.05, 0) is 43.5 Å². The summed E-state index contributed by atoms with van der Waals surface area (Å²) in [4.78, 5) is 21.1. The molecule has 2 fully saturated rings. The zero-order valence-electron chi connectivity index (χ0n) is 12.5. The Morgan fingerprint density at radius 2 is 2.00 bits per heavy atom. The molecule has 0 spiro atoms. The molecular formula is C16H24N4O. The van der Waals surface area contributed by atoms with Crippen LogP contribution in [0.4, 0.5) is 0 Å². The molecule has 0 radical (unpaired) electrons. The molecule has 2 aliphatic heterocycles. The lowest BCUT2D eigenvalue weighted by Crippen LogP contribution is -2.52. The first-order chi connectivity index (χ1) is 10.3. The van der Waals surface area contributed by atoms with Crippen molar-refractivity contribution in [2.75, 3.05) is 39.3 Å². The third kappa shape index (κ3) is 3.60. The van der Waals surface area contributed by atoms with Crippen LogP contribution in [0.25, 0.3) is 0 Å². The second kappa shape index (κ2) is 7.00. The Morgan fingerprint density at radius 3 is 2.76 bits per heavy atom. The quantitative estimate of drug-likeness (QED) is 0.877. The van der Waals surface area contributed by atoms with Crippen molar-refractivity contribution in [3.8, 4) is 0 Å². The normalized spacial score (nSPS) is 23.4. The number of hydrogen-bond donors (Lipinski definition) is 1. The van der Waals surface area contributed by atoms with Crippen molar-refractivity contribution in [3.63, 3.8) is 0 Å². The molecule has 114 valence electrons. The van der Waals surface area contributed by atoms with E-state index in [1.165, 1.54) is 5.56 Å². The van der Waals surface area contributed by atoms with Gasteiger partial charge in [0.1, 0.15) is 0 Å². The number of nitrogens with one attached hydrogen (secondary N) is 1. The van der Waals surface area contributed by atoms with Crippen molar-refractivity contribution in [2.45, 2.75) is 25.3 Å². The molecule has 0 aliphatic carbocycles. The minimum absolute atomic E-state index is 0.102. The van der Waals surface area contributed by atoms with Gasteiger partial charge in [-0.25, -0.2) is 0 Å². The Hall–Kier alpha value is -1.46. The molecular weight excluding hydrogens is 264 g/mol. The number of hydrogen-bond acceptors (Lipinski definition) is 4. The summed E-state index contributed by atoms with van der Waals surface area (Å²) >= 11 is 0. The van der Waals surface area contributed by atoms with Gasteiger partial charge in [-0.1, -0.05) is 0 Å². The van der Waals surface area contributed by atoms with Crippen LogP contribution in [0.15, 0.2) is 24.5 Å². The topological polar surface area (TPSA) is 48.5 Å². The molecule has 2 saturated heterocycles. The number of amides is 1. The van der Waals surface area contributed by atoms with Crippen molar-refractivity contribution in [3.05, 3.63) is 30.1 Å². The second-order valence-corrected chi connectivity index (χ2v) is 5.87. The largest absolute Gasteiger partial charge is 0.339 e. The fourth-order valence-electron chi connectivity index (χ4n) is 3.29. The van der Waals surface area contributed by atoms with Crippen LogP contribution in [-0.4, -0.2) is 66.0 Å². The van der Waals surface area contributed by atoms with Gasteiger partial charge in [0.15, 0.2) is 0 Å². The van der Waals surface area contributed by atoms with Gasteiger partial charge in [0, 0.05) is 45.1 Å².